The van der Waals surface area contributed by atoms with Gasteiger partial charge in [0, 0.05) is 31.6 Å². The predicted octanol–water partition coefficient (Wildman–Crippen LogP) is 2.56. The first-order valence-electron chi connectivity index (χ1n) is 7.55. The summed E-state index contributed by atoms with van der Waals surface area (Å²) in [7, 11) is 0. The number of rotatable bonds is 6. The van der Waals surface area contributed by atoms with Crippen LogP contribution >= 0.6 is 0 Å². The molecule has 0 radical (unpaired) electrons. The quantitative estimate of drug-likeness (QED) is 0.819. The Bertz CT molecular complexity index is 519. The Kier molecular flexibility index (Phi) is 5.51. The van der Waals surface area contributed by atoms with Crippen LogP contribution in [0.1, 0.15) is 47.2 Å². The van der Waals surface area contributed by atoms with Gasteiger partial charge in [-0.1, -0.05) is 17.7 Å². The Labute approximate surface area is 125 Å². The lowest BCUT2D eigenvalue weighted by atomic mass is 9.99. The van der Waals surface area contributed by atoms with Crippen molar-refractivity contribution in [3.63, 3.8) is 0 Å². The van der Waals surface area contributed by atoms with E-state index in [1.807, 2.05) is 32.0 Å². The number of Topliss-reactive ketones (excluding diaryl/α,β-unsaturated/α-hetero) is 1. The molecule has 1 amide bonds. The van der Waals surface area contributed by atoms with Crippen molar-refractivity contribution in [1.82, 2.24) is 5.32 Å². The number of hydrogen-bond donors (Lipinski definition) is 1. The topological polar surface area (TPSA) is 55.4 Å². The minimum Gasteiger partial charge on any atom is -0.376 e. The molecule has 0 unspecified atom stereocenters. The molecule has 0 saturated carbocycles. The van der Waals surface area contributed by atoms with Crippen molar-refractivity contribution in [2.75, 3.05) is 13.2 Å². The van der Waals surface area contributed by atoms with Gasteiger partial charge in [-0.2, -0.15) is 0 Å². The van der Waals surface area contributed by atoms with Crippen LogP contribution in [0.5, 0.6) is 0 Å². The summed E-state index contributed by atoms with van der Waals surface area (Å²) in [5.41, 5.74) is 2.75. The van der Waals surface area contributed by atoms with Crippen LogP contribution < -0.4 is 5.32 Å². The fourth-order valence-electron chi connectivity index (χ4n) is 2.52. The van der Waals surface area contributed by atoms with E-state index in [1.165, 1.54) is 0 Å². The standard InChI is InChI=1S/C17H23NO3/c1-12-5-6-13(2)15(10-12)16(19)7-8-17(20)18-11-14-4-3-9-21-14/h5-6,10,14H,3-4,7-9,11H2,1-2H3,(H,18,20)/t14-/m1/s1. The van der Waals surface area contributed by atoms with Gasteiger partial charge in [0.05, 0.1) is 6.10 Å². The van der Waals surface area contributed by atoms with Gasteiger partial charge in [0.15, 0.2) is 5.78 Å². The Morgan fingerprint density at radius 1 is 1.29 bits per heavy atom. The average molecular weight is 289 g/mol. The highest BCUT2D eigenvalue weighted by atomic mass is 16.5. The molecule has 1 N–H and O–H groups in total. The summed E-state index contributed by atoms with van der Waals surface area (Å²) in [6.07, 6.45) is 2.69. The van der Waals surface area contributed by atoms with E-state index in [1.54, 1.807) is 0 Å². The molecule has 1 heterocycles. The van der Waals surface area contributed by atoms with Crippen molar-refractivity contribution in [3.8, 4) is 0 Å². The monoisotopic (exact) mass is 289 g/mol. The average Bonchev–Trinajstić information content (AvgIpc) is 2.98. The second-order valence-electron chi connectivity index (χ2n) is 5.68. The number of ketones is 1. The predicted molar refractivity (Wildman–Crippen MR) is 81.5 cm³/mol. The van der Waals surface area contributed by atoms with Crippen molar-refractivity contribution in [1.29, 1.82) is 0 Å². The van der Waals surface area contributed by atoms with Crippen molar-refractivity contribution < 1.29 is 14.3 Å². The van der Waals surface area contributed by atoms with E-state index in [9.17, 15) is 9.59 Å². The van der Waals surface area contributed by atoms with Crippen LogP contribution in [0.3, 0.4) is 0 Å². The number of carbonyl (C=O) groups excluding carboxylic acids is 2. The van der Waals surface area contributed by atoms with Crippen LogP contribution in [-0.4, -0.2) is 30.9 Å². The van der Waals surface area contributed by atoms with Crippen LogP contribution in [-0.2, 0) is 9.53 Å². The molecule has 0 bridgehead atoms. The maximum Gasteiger partial charge on any atom is 0.220 e. The third-order valence-electron chi connectivity index (χ3n) is 3.82. The normalized spacial score (nSPS) is 17.7. The van der Waals surface area contributed by atoms with Gasteiger partial charge in [-0.3, -0.25) is 9.59 Å². The first kappa shape index (κ1) is 15.7. The summed E-state index contributed by atoms with van der Waals surface area (Å²) in [4.78, 5) is 23.9. The number of hydrogen-bond acceptors (Lipinski definition) is 3. The first-order chi connectivity index (χ1) is 10.1. The SMILES string of the molecule is Cc1ccc(C)c(C(=O)CCC(=O)NC[C@H]2CCCO2)c1. The molecule has 114 valence electrons. The summed E-state index contributed by atoms with van der Waals surface area (Å²) in [5, 5.41) is 2.84. The zero-order valence-corrected chi connectivity index (χ0v) is 12.8. The molecule has 2 rings (SSSR count). The Morgan fingerprint density at radius 3 is 2.81 bits per heavy atom. The maximum absolute atomic E-state index is 12.2. The van der Waals surface area contributed by atoms with E-state index < -0.39 is 0 Å². The van der Waals surface area contributed by atoms with Gasteiger partial charge >= 0.3 is 0 Å². The second kappa shape index (κ2) is 7.36. The van der Waals surface area contributed by atoms with Crippen LogP contribution in [0.2, 0.25) is 0 Å². The van der Waals surface area contributed by atoms with Crippen LogP contribution in [0, 0.1) is 13.8 Å². The summed E-state index contributed by atoms with van der Waals surface area (Å²) in [6, 6.07) is 5.82. The maximum atomic E-state index is 12.2. The molecule has 1 fully saturated rings. The lowest BCUT2D eigenvalue weighted by Gasteiger charge is -2.11. The zero-order valence-electron chi connectivity index (χ0n) is 12.8. The Balaban J connectivity index is 1.77. The molecule has 1 aromatic rings. The lowest BCUT2D eigenvalue weighted by Crippen LogP contribution is -2.31. The molecular weight excluding hydrogens is 266 g/mol. The van der Waals surface area contributed by atoms with Gasteiger partial charge in [0.2, 0.25) is 5.91 Å². The number of aryl methyl sites for hydroxylation is 2. The highest BCUT2D eigenvalue weighted by Crippen LogP contribution is 2.14. The minimum atomic E-state index is -0.0795. The second-order valence-corrected chi connectivity index (χ2v) is 5.68. The molecule has 1 atom stereocenters. The van der Waals surface area contributed by atoms with E-state index in [0.29, 0.717) is 6.54 Å². The molecule has 4 heteroatoms. The van der Waals surface area contributed by atoms with Gasteiger partial charge in [-0.15, -0.1) is 0 Å². The third kappa shape index (κ3) is 4.67. The van der Waals surface area contributed by atoms with Gasteiger partial charge in [-0.25, -0.2) is 0 Å². The number of nitrogens with one attached hydrogen (secondary N) is 1. The molecule has 0 aromatic heterocycles. The molecule has 0 spiro atoms. The van der Waals surface area contributed by atoms with Gasteiger partial charge in [0.1, 0.15) is 0 Å². The van der Waals surface area contributed by atoms with Crippen LogP contribution in [0.15, 0.2) is 18.2 Å². The number of benzene rings is 1. The number of amides is 1. The van der Waals surface area contributed by atoms with Crippen molar-refractivity contribution >= 4 is 11.7 Å². The Morgan fingerprint density at radius 2 is 2.10 bits per heavy atom. The fourth-order valence-corrected chi connectivity index (χ4v) is 2.52. The smallest absolute Gasteiger partial charge is 0.220 e. The largest absolute Gasteiger partial charge is 0.376 e. The summed E-state index contributed by atoms with van der Waals surface area (Å²) < 4.78 is 5.45. The van der Waals surface area contributed by atoms with Gasteiger partial charge in [0.25, 0.3) is 0 Å². The summed E-state index contributed by atoms with van der Waals surface area (Å²) >= 11 is 0. The third-order valence-corrected chi connectivity index (χ3v) is 3.82. The van der Waals surface area contributed by atoms with E-state index >= 15 is 0 Å². The minimum absolute atomic E-state index is 0.0310. The summed E-state index contributed by atoms with van der Waals surface area (Å²) in [5.74, 6) is -0.0485. The lowest BCUT2D eigenvalue weighted by molar-refractivity contribution is -0.121. The molecule has 21 heavy (non-hydrogen) atoms. The summed E-state index contributed by atoms with van der Waals surface area (Å²) in [6.45, 7) is 5.22. The molecule has 4 nitrogen and oxygen atoms in total. The highest BCUT2D eigenvalue weighted by Gasteiger charge is 2.17. The van der Waals surface area contributed by atoms with E-state index in [4.69, 9.17) is 4.74 Å². The van der Waals surface area contributed by atoms with Crippen LogP contribution in [0.25, 0.3) is 0 Å². The van der Waals surface area contributed by atoms with Crippen molar-refractivity contribution in [3.05, 3.63) is 34.9 Å². The van der Waals surface area contributed by atoms with Gasteiger partial charge in [-0.05, 0) is 38.3 Å². The number of carbonyl (C=O) groups is 2. The van der Waals surface area contributed by atoms with E-state index in [-0.39, 0.29) is 30.6 Å². The van der Waals surface area contributed by atoms with E-state index in [2.05, 4.69) is 5.32 Å². The highest BCUT2D eigenvalue weighted by molar-refractivity contribution is 5.99. The number of ether oxygens (including phenoxy) is 1. The van der Waals surface area contributed by atoms with Gasteiger partial charge < -0.3 is 10.1 Å². The molecule has 0 aliphatic carbocycles. The zero-order chi connectivity index (χ0) is 15.2. The fraction of sp³-hybridized carbons (Fsp3) is 0.529. The molecule has 1 saturated heterocycles. The Hall–Kier alpha value is -1.68. The molecule has 1 aromatic carbocycles. The van der Waals surface area contributed by atoms with Crippen LogP contribution in [0.4, 0.5) is 0 Å². The van der Waals surface area contributed by atoms with Crippen molar-refractivity contribution in [2.24, 2.45) is 0 Å². The first-order valence-corrected chi connectivity index (χ1v) is 7.55. The van der Waals surface area contributed by atoms with Crippen molar-refractivity contribution in [2.45, 2.75) is 45.6 Å². The molecular formula is C17H23NO3. The molecule has 1 aliphatic heterocycles. The van der Waals surface area contributed by atoms with E-state index in [0.717, 1.165) is 36.1 Å². The molecule has 1 aliphatic rings.